The van der Waals surface area contributed by atoms with Crippen molar-refractivity contribution in [1.29, 1.82) is 0 Å². The number of nitrogen functional groups attached to an aromatic ring is 1. The van der Waals surface area contributed by atoms with E-state index in [1.54, 1.807) is 0 Å². The van der Waals surface area contributed by atoms with Crippen molar-refractivity contribution in [2.24, 2.45) is 0 Å². The van der Waals surface area contributed by atoms with Gasteiger partial charge in [0.25, 0.3) is 0 Å². The van der Waals surface area contributed by atoms with Gasteiger partial charge in [-0.05, 0) is 13.8 Å². The average Bonchev–Trinajstić information content (AvgIpc) is 2.55. The van der Waals surface area contributed by atoms with E-state index in [2.05, 4.69) is 5.10 Å². The molecule has 0 saturated heterocycles. The van der Waals surface area contributed by atoms with Crippen molar-refractivity contribution in [2.45, 2.75) is 32.2 Å². The average molecular weight is 228 g/mol. The van der Waals surface area contributed by atoms with E-state index in [4.69, 9.17) is 5.73 Å². The molecule has 84 valence electrons. The lowest BCUT2D eigenvalue weighted by Crippen LogP contribution is -2.37. The summed E-state index contributed by atoms with van der Waals surface area (Å²) < 4.78 is 15.8. The molecule has 0 aromatic carbocycles. The van der Waals surface area contributed by atoms with Crippen LogP contribution in [0, 0.1) is 0 Å². The minimum absolute atomic E-state index is 0.164. The second-order valence-corrected chi connectivity index (χ2v) is 5.98. The van der Waals surface area contributed by atoms with Crippen LogP contribution in [0.4, 0.5) is 5.82 Å². The largest absolute Gasteiger partial charge is 0.382 e. The topological polar surface area (TPSA) is 64.2 Å². The van der Waals surface area contributed by atoms with E-state index in [-0.39, 0.29) is 5.25 Å². The van der Waals surface area contributed by atoms with Gasteiger partial charge in [-0.2, -0.15) is 5.10 Å². The monoisotopic (exact) mass is 228 g/mol. The number of aromatic nitrogens is 2. The standard InChI is InChI=1S/C9H16N4OS/c1-7(2)15(14)12-3-4-13-8(6-12)5-9(10)11-13/h5,7H,3-4,6H2,1-2H3,(H2,10,11). The minimum atomic E-state index is -0.905. The molecule has 1 aliphatic rings. The maximum absolute atomic E-state index is 11.9. The summed E-state index contributed by atoms with van der Waals surface area (Å²) in [4.78, 5) is 0. The van der Waals surface area contributed by atoms with Crippen molar-refractivity contribution < 1.29 is 4.21 Å². The Bertz CT molecular complexity index is 387. The molecule has 0 radical (unpaired) electrons. The number of rotatable bonds is 2. The molecule has 1 aromatic heterocycles. The summed E-state index contributed by atoms with van der Waals surface area (Å²) in [6.45, 7) is 6.16. The second-order valence-electron chi connectivity index (χ2n) is 3.97. The molecule has 6 heteroatoms. The van der Waals surface area contributed by atoms with Crippen molar-refractivity contribution >= 4 is 16.8 Å². The molecular weight excluding hydrogens is 212 g/mol. The summed E-state index contributed by atoms with van der Waals surface area (Å²) in [5.41, 5.74) is 6.66. The molecule has 1 unspecified atom stereocenters. The molecule has 0 bridgehead atoms. The van der Waals surface area contributed by atoms with Crippen LogP contribution in [-0.2, 0) is 24.1 Å². The van der Waals surface area contributed by atoms with Crippen LogP contribution in [0.2, 0.25) is 0 Å². The fourth-order valence-electron chi connectivity index (χ4n) is 1.72. The maximum Gasteiger partial charge on any atom is 0.145 e. The molecule has 15 heavy (non-hydrogen) atoms. The molecule has 1 aliphatic heterocycles. The molecule has 5 nitrogen and oxygen atoms in total. The molecule has 0 aliphatic carbocycles. The van der Waals surface area contributed by atoms with Crippen LogP contribution in [0.15, 0.2) is 6.07 Å². The number of nitrogens with two attached hydrogens (primary N) is 1. The predicted octanol–water partition coefficient (Wildman–Crippen LogP) is 0.353. The van der Waals surface area contributed by atoms with Gasteiger partial charge >= 0.3 is 0 Å². The Morgan fingerprint density at radius 2 is 2.27 bits per heavy atom. The lowest BCUT2D eigenvalue weighted by Gasteiger charge is -2.27. The van der Waals surface area contributed by atoms with Crippen LogP contribution in [0.25, 0.3) is 0 Å². The molecule has 2 N–H and O–H groups in total. The van der Waals surface area contributed by atoms with Gasteiger partial charge in [-0.1, -0.05) is 0 Å². The van der Waals surface area contributed by atoms with Gasteiger partial charge < -0.3 is 5.73 Å². The summed E-state index contributed by atoms with van der Waals surface area (Å²) >= 11 is 0. The molecule has 2 rings (SSSR count). The quantitative estimate of drug-likeness (QED) is 0.794. The first-order valence-electron chi connectivity index (χ1n) is 5.06. The van der Waals surface area contributed by atoms with Crippen LogP contribution >= 0.6 is 0 Å². The fraction of sp³-hybridized carbons (Fsp3) is 0.667. The third-order valence-electron chi connectivity index (χ3n) is 2.44. The Morgan fingerprint density at radius 3 is 2.93 bits per heavy atom. The Hall–Kier alpha value is -0.880. The normalized spacial score (nSPS) is 19.1. The number of hydrogen-bond donors (Lipinski definition) is 1. The third kappa shape index (κ3) is 2.05. The molecule has 0 amide bonds. The summed E-state index contributed by atoms with van der Waals surface area (Å²) in [5.74, 6) is 0.544. The number of anilines is 1. The highest BCUT2D eigenvalue weighted by molar-refractivity contribution is 7.83. The summed E-state index contributed by atoms with van der Waals surface area (Å²) in [7, 11) is -0.905. The molecule has 0 fully saturated rings. The van der Waals surface area contributed by atoms with Gasteiger partial charge in [0.2, 0.25) is 0 Å². The van der Waals surface area contributed by atoms with E-state index in [1.165, 1.54) is 0 Å². The van der Waals surface area contributed by atoms with Crippen molar-refractivity contribution in [3.05, 3.63) is 11.8 Å². The lowest BCUT2D eigenvalue weighted by molar-refractivity contribution is 0.341. The molecule has 1 atom stereocenters. The van der Waals surface area contributed by atoms with Gasteiger partial charge in [-0.15, -0.1) is 0 Å². The highest BCUT2D eigenvalue weighted by atomic mass is 32.2. The van der Waals surface area contributed by atoms with Gasteiger partial charge in [-0.3, -0.25) is 4.68 Å². The van der Waals surface area contributed by atoms with E-state index < -0.39 is 11.0 Å². The Kier molecular flexibility index (Phi) is 2.79. The van der Waals surface area contributed by atoms with Crippen LogP contribution in [0.1, 0.15) is 19.5 Å². The van der Waals surface area contributed by atoms with Crippen LogP contribution in [0.3, 0.4) is 0 Å². The Balaban J connectivity index is 2.15. The molecule has 0 saturated carbocycles. The zero-order valence-corrected chi connectivity index (χ0v) is 9.83. The third-order valence-corrected chi connectivity index (χ3v) is 4.07. The highest BCUT2D eigenvalue weighted by Crippen LogP contribution is 2.17. The maximum atomic E-state index is 11.9. The number of hydrogen-bond acceptors (Lipinski definition) is 3. The first kappa shape index (κ1) is 10.6. The van der Waals surface area contributed by atoms with Crippen LogP contribution in [0.5, 0.6) is 0 Å². The predicted molar refractivity (Wildman–Crippen MR) is 60.3 cm³/mol. The van der Waals surface area contributed by atoms with Crippen molar-refractivity contribution in [2.75, 3.05) is 12.3 Å². The smallest absolute Gasteiger partial charge is 0.145 e. The van der Waals surface area contributed by atoms with Gasteiger partial charge in [-0.25, -0.2) is 8.51 Å². The molecule has 1 aromatic rings. The SMILES string of the molecule is CC(C)S(=O)N1CCn2nc(N)cc2C1. The number of fused-ring (bicyclic) bond motifs is 1. The van der Waals surface area contributed by atoms with Crippen molar-refractivity contribution in [3.63, 3.8) is 0 Å². The zero-order valence-electron chi connectivity index (χ0n) is 9.01. The summed E-state index contributed by atoms with van der Waals surface area (Å²) in [6.07, 6.45) is 0. The van der Waals surface area contributed by atoms with Crippen molar-refractivity contribution in [1.82, 2.24) is 14.1 Å². The van der Waals surface area contributed by atoms with Gasteiger partial charge in [0, 0.05) is 17.9 Å². The lowest BCUT2D eigenvalue weighted by atomic mass is 10.3. The molecular formula is C9H16N4OS. The fourth-order valence-corrected chi connectivity index (χ4v) is 2.83. The van der Waals surface area contributed by atoms with E-state index in [0.717, 1.165) is 18.8 Å². The van der Waals surface area contributed by atoms with Crippen molar-refractivity contribution in [3.8, 4) is 0 Å². The first-order chi connectivity index (χ1) is 7.08. The van der Waals surface area contributed by atoms with Gasteiger partial charge in [0.1, 0.15) is 5.82 Å². The van der Waals surface area contributed by atoms with Gasteiger partial charge in [0.05, 0.1) is 29.8 Å². The minimum Gasteiger partial charge on any atom is -0.382 e. The second kappa shape index (κ2) is 3.94. The highest BCUT2D eigenvalue weighted by Gasteiger charge is 2.23. The van der Waals surface area contributed by atoms with E-state index in [9.17, 15) is 4.21 Å². The van der Waals surface area contributed by atoms with Crippen LogP contribution in [-0.4, -0.2) is 30.1 Å². The van der Waals surface area contributed by atoms with E-state index >= 15 is 0 Å². The Morgan fingerprint density at radius 1 is 1.53 bits per heavy atom. The zero-order chi connectivity index (χ0) is 11.0. The van der Waals surface area contributed by atoms with E-state index in [1.807, 2.05) is 28.9 Å². The van der Waals surface area contributed by atoms with Crippen LogP contribution < -0.4 is 5.73 Å². The molecule has 2 heterocycles. The van der Waals surface area contributed by atoms with Gasteiger partial charge in [0.15, 0.2) is 0 Å². The number of nitrogens with zero attached hydrogens (tertiary/aromatic N) is 3. The summed E-state index contributed by atoms with van der Waals surface area (Å²) in [6, 6.07) is 1.85. The Labute approximate surface area is 91.8 Å². The summed E-state index contributed by atoms with van der Waals surface area (Å²) in [5, 5.41) is 4.32. The first-order valence-corrected chi connectivity index (χ1v) is 6.23. The van der Waals surface area contributed by atoms with E-state index in [0.29, 0.717) is 12.4 Å². The molecule has 0 spiro atoms.